The maximum absolute atomic E-state index is 5.65. The van der Waals surface area contributed by atoms with Crippen molar-refractivity contribution in [3.8, 4) is 5.75 Å². The van der Waals surface area contributed by atoms with Crippen LogP contribution in [0.5, 0.6) is 5.75 Å². The molecule has 0 saturated heterocycles. The molecule has 2 heterocycles. The van der Waals surface area contributed by atoms with E-state index in [4.69, 9.17) is 4.74 Å². The third kappa shape index (κ3) is 3.09. The molecule has 0 radical (unpaired) electrons. The third-order valence-corrected chi connectivity index (χ3v) is 7.37. The normalized spacial score (nSPS) is 14.2. The maximum Gasteiger partial charge on any atom is 0.128 e. The number of hydrogen-bond donors (Lipinski definition) is 1. The van der Waals surface area contributed by atoms with Gasteiger partial charge in [-0.3, -0.25) is 0 Å². The zero-order valence-electron chi connectivity index (χ0n) is 16.9. The molecule has 1 aliphatic rings. The summed E-state index contributed by atoms with van der Waals surface area (Å²) in [5.74, 6) is 0.961. The average Bonchev–Trinajstić information content (AvgIpc) is 3.22. The van der Waals surface area contributed by atoms with Crippen LogP contribution in [0.15, 0.2) is 42.3 Å². The Morgan fingerprint density at radius 1 is 1.15 bits per heavy atom. The molecule has 1 aliphatic carbocycles. The van der Waals surface area contributed by atoms with Gasteiger partial charge in [-0.05, 0) is 49.1 Å². The number of hydrogen-bond acceptors (Lipinski definition) is 1. The maximum atomic E-state index is 5.65. The summed E-state index contributed by atoms with van der Waals surface area (Å²) >= 11 is 0. The summed E-state index contributed by atoms with van der Waals surface area (Å²) in [6.45, 7) is 7.21. The number of benzene rings is 1. The molecule has 0 saturated carbocycles. The van der Waals surface area contributed by atoms with Crippen molar-refractivity contribution in [1.82, 2.24) is 9.55 Å². The molecule has 1 N–H and O–H groups in total. The number of methoxy groups -OCH3 is 1. The minimum atomic E-state index is -1.56. The molecule has 2 aromatic heterocycles. The first-order valence-corrected chi connectivity index (χ1v) is 13.2. The van der Waals surface area contributed by atoms with Crippen molar-refractivity contribution >= 4 is 29.7 Å². The van der Waals surface area contributed by atoms with Gasteiger partial charge in [-0.2, -0.15) is 0 Å². The smallest absolute Gasteiger partial charge is 0.128 e. The van der Waals surface area contributed by atoms with Gasteiger partial charge in [-0.1, -0.05) is 25.7 Å². The molecule has 0 spiro atoms. The van der Waals surface area contributed by atoms with Crippen molar-refractivity contribution in [3.05, 3.63) is 59.2 Å². The highest BCUT2D eigenvalue weighted by Crippen LogP contribution is 2.40. The first-order valence-electron chi connectivity index (χ1n) is 9.70. The van der Waals surface area contributed by atoms with Gasteiger partial charge in [0.1, 0.15) is 5.75 Å². The first kappa shape index (κ1) is 18.0. The number of ether oxygens (including phenoxy) is 1. The predicted octanol–water partition coefficient (Wildman–Crippen LogP) is 5.79. The van der Waals surface area contributed by atoms with E-state index in [9.17, 15) is 0 Å². The fourth-order valence-corrected chi connectivity index (χ4v) is 5.71. The average molecular weight is 377 g/mol. The minimum absolute atomic E-state index is 0.961. The van der Waals surface area contributed by atoms with Gasteiger partial charge >= 0.3 is 0 Å². The molecule has 140 valence electrons. The van der Waals surface area contributed by atoms with Crippen LogP contribution in [-0.2, 0) is 13.5 Å². The summed E-state index contributed by atoms with van der Waals surface area (Å²) in [4.78, 5) is 3.67. The molecule has 4 rings (SSSR count). The Morgan fingerprint density at radius 2 is 1.96 bits per heavy atom. The summed E-state index contributed by atoms with van der Waals surface area (Å²) in [7, 11) is 2.32. The molecule has 0 amide bonds. The van der Waals surface area contributed by atoms with Gasteiger partial charge in [0.2, 0.25) is 0 Å². The number of rotatable bonds is 3. The fourth-order valence-electron chi connectivity index (χ4n) is 4.16. The number of nitrogens with one attached hydrogen (secondary N) is 1. The van der Waals surface area contributed by atoms with Crippen LogP contribution in [0.3, 0.4) is 0 Å². The lowest BCUT2D eigenvalue weighted by Gasteiger charge is -2.21. The Balaban J connectivity index is 2.01. The van der Waals surface area contributed by atoms with Gasteiger partial charge in [-0.15, -0.1) is 5.73 Å². The Kier molecular flexibility index (Phi) is 4.41. The number of allylic oxidation sites excluding steroid dienone is 1. The van der Waals surface area contributed by atoms with E-state index in [0.717, 1.165) is 30.5 Å². The number of aromatic amines is 1. The molecular formula is C23H28N2OSi. The van der Waals surface area contributed by atoms with Crippen molar-refractivity contribution in [2.45, 2.75) is 38.9 Å². The number of fused-ring (bicyclic) bond motifs is 3. The van der Waals surface area contributed by atoms with E-state index in [-0.39, 0.29) is 0 Å². The molecule has 27 heavy (non-hydrogen) atoms. The molecule has 0 aliphatic heterocycles. The quantitative estimate of drug-likeness (QED) is 0.455. The van der Waals surface area contributed by atoms with Crippen molar-refractivity contribution in [2.75, 3.05) is 7.11 Å². The predicted molar refractivity (Wildman–Crippen MR) is 117 cm³/mol. The summed E-state index contributed by atoms with van der Waals surface area (Å²) in [5.41, 5.74) is 10.3. The van der Waals surface area contributed by atoms with Gasteiger partial charge in [0.15, 0.2) is 0 Å². The lowest BCUT2D eigenvalue weighted by atomic mass is 9.91. The number of aromatic nitrogens is 2. The summed E-state index contributed by atoms with van der Waals surface area (Å²) in [6.07, 6.45) is 5.45. The zero-order chi connectivity index (χ0) is 19.2. The van der Waals surface area contributed by atoms with Crippen molar-refractivity contribution in [3.63, 3.8) is 0 Å². The topological polar surface area (TPSA) is 29.9 Å². The molecule has 3 nitrogen and oxygen atoms in total. The van der Waals surface area contributed by atoms with E-state index in [1.807, 2.05) is 0 Å². The Labute approximate surface area is 162 Å². The van der Waals surface area contributed by atoms with Crippen molar-refractivity contribution in [1.29, 1.82) is 0 Å². The lowest BCUT2D eigenvalue weighted by Crippen LogP contribution is -2.23. The molecule has 4 heteroatoms. The monoisotopic (exact) mass is 376 g/mol. The third-order valence-electron chi connectivity index (χ3n) is 5.49. The van der Waals surface area contributed by atoms with Crippen LogP contribution in [0.1, 0.15) is 29.8 Å². The summed E-state index contributed by atoms with van der Waals surface area (Å²) in [5, 5.41) is 2.63. The number of nitrogens with zero attached hydrogens (tertiary/aromatic N) is 1. The largest absolute Gasteiger partial charge is 0.496 e. The van der Waals surface area contributed by atoms with Gasteiger partial charge < -0.3 is 14.3 Å². The van der Waals surface area contributed by atoms with Gasteiger partial charge in [0, 0.05) is 40.6 Å². The van der Waals surface area contributed by atoms with Crippen LogP contribution in [0.4, 0.5) is 0 Å². The van der Waals surface area contributed by atoms with Crippen LogP contribution in [0.2, 0.25) is 19.6 Å². The number of aryl methyl sites for hydroxylation is 2. The molecule has 0 unspecified atom stereocenters. The van der Waals surface area contributed by atoms with E-state index in [0.29, 0.717) is 0 Å². The Morgan fingerprint density at radius 3 is 2.63 bits per heavy atom. The van der Waals surface area contributed by atoms with E-state index in [1.165, 1.54) is 33.1 Å². The molecule has 0 fully saturated rings. The van der Waals surface area contributed by atoms with E-state index < -0.39 is 8.07 Å². The molecular weight excluding hydrogens is 348 g/mol. The SMILES string of the molecule is COc1cccc2[nH]c3c(c12)CCCC3=C=C(c1cccn1C)[Si](C)(C)C. The van der Waals surface area contributed by atoms with Crippen LogP contribution in [-0.4, -0.2) is 24.7 Å². The van der Waals surface area contributed by atoms with Gasteiger partial charge in [0.05, 0.1) is 20.9 Å². The highest BCUT2D eigenvalue weighted by atomic mass is 28.3. The summed E-state index contributed by atoms with van der Waals surface area (Å²) in [6, 6.07) is 10.6. The summed E-state index contributed by atoms with van der Waals surface area (Å²) < 4.78 is 7.87. The highest BCUT2D eigenvalue weighted by molar-refractivity contribution is 6.93. The molecule has 3 aromatic rings. The van der Waals surface area contributed by atoms with E-state index >= 15 is 0 Å². The lowest BCUT2D eigenvalue weighted by molar-refractivity contribution is 0.419. The van der Waals surface area contributed by atoms with Crippen LogP contribution < -0.4 is 4.74 Å². The van der Waals surface area contributed by atoms with Crippen LogP contribution >= 0.6 is 0 Å². The van der Waals surface area contributed by atoms with Crippen LogP contribution in [0, 0.1) is 0 Å². The van der Waals surface area contributed by atoms with Crippen molar-refractivity contribution in [2.24, 2.45) is 7.05 Å². The van der Waals surface area contributed by atoms with E-state index in [2.05, 4.69) is 78.5 Å². The van der Waals surface area contributed by atoms with Gasteiger partial charge in [0.25, 0.3) is 0 Å². The van der Waals surface area contributed by atoms with Crippen LogP contribution in [0.25, 0.3) is 21.7 Å². The van der Waals surface area contributed by atoms with Gasteiger partial charge in [-0.25, -0.2) is 0 Å². The second kappa shape index (κ2) is 6.63. The fraction of sp³-hybridized carbons (Fsp3) is 0.348. The highest BCUT2D eigenvalue weighted by Gasteiger charge is 2.26. The first-order chi connectivity index (χ1) is 12.9. The molecule has 1 aromatic carbocycles. The zero-order valence-corrected chi connectivity index (χ0v) is 17.9. The molecule has 0 bridgehead atoms. The molecule has 0 atom stereocenters. The Hall–Kier alpha value is -2.42. The Bertz CT molecular complexity index is 1070. The second-order valence-corrected chi connectivity index (χ2v) is 13.4. The standard InChI is InChI=1S/C23H28N2OSi/c1-25-14-8-12-19(25)21(27(3,4)5)15-16-9-6-10-17-22-18(24-23(16)17)11-7-13-20(22)26-2/h7-8,11-14,24H,6,9-10H2,1-5H3. The second-order valence-electron chi connectivity index (χ2n) is 8.45. The number of H-pyrrole nitrogens is 1. The van der Waals surface area contributed by atoms with E-state index in [1.54, 1.807) is 7.11 Å². The minimum Gasteiger partial charge on any atom is -0.496 e. The van der Waals surface area contributed by atoms with Crippen molar-refractivity contribution < 1.29 is 4.74 Å².